The van der Waals surface area contributed by atoms with E-state index in [1.807, 2.05) is 0 Å². The van der Waals surface area contributed by atoms with Crippen molar-refractivity contribution in [3.63, 3.8) is 0 Å². The molecule has 0 aromatic rings. The quantitative estimate of drug-likeness (QED) is 0.311. The third kappa shape index (κ3) is 4.90. The summed E-state index contributed by atoms with van der Waals surface area (Å²) in [7, 11) is 0. The minimum atomic E-state index is -1.21. The smallest absolute Gasteiger partial charge is 0.348 e. The number of carbonyl (C=O) groups is 1. The van der Waals surface area contributed by atoms with Crippen molar-refractivity contribution >= 4 is 12.2 Å². The molecule has 0 saturated heterocycles. The van der Waals surface area contributed by atoms with Gasteiger partial charge in [-0.3, -0.25) is 5.21 Å². The molecule has 5 heteroatoms. The van der Waals surface area contributed by atoms with Crippen molar-refractivity contribution in [2.45, 2.75) is 0 Å². The Morgan fingerprint density at radius 3 is 2.57 bits per heavy atom. The van der Waals surface area contributed by atoms with Gasteiger partial charge in [-0.2, -0.15) is 10.7 Å². The largest absolute Gasteiger partial charge is 0.477 e. The predicted octanol–water partition coefficient (Wildman–Crippen LogP) is -0.964. The number of carboxylic acid groups (broad SMARTS) is 1. The lowest BCUT2D eigenvalue weighted by molar-refractivity contribution is -0.128. The molecule has 3 N–H and O–H groups in total. The second-order valence-corrected chi connectivity index (χ2v) is 0.696. The van der Waals surface area contributed by atoms with Gasteiger partial charge in [-0.15, -0.1) is 0 Å². The van der Waals surface area contributed by atoms with Gasteiger partial charge in [0.1, 0.15) is 6.21 Å². The van der Waals surface area contributed by atoms with Crippen molar-refractivity contribution in [3.05, 3.63) is 0 Å². The maximum Gasteiger partial charge on any atom is 0.348 e. The number of aliphatic carboxylic acids is 1. The van der Waals surface area contributed by atoms with E-state index in [1.165, 1.54) is 5.59 Å². The van der Waals surface area contributed by atoms with Crippen LogP contribution >= 0.6 is 0 Å². The van der Waals surface area contributed by atoms with E-state index in [-0.39, 0.29) is 0 Å². The summed E-state index contributed by atoms with van der Waals surface area (Å²) in [6.07, 6.45) is 0.528. The minimum Gasteiger partial charge on any atom is -0.477 e. The summed E-state index contributed by atoms with van der Waals surface area (Å²) in [6.45, 7) is 0. The Bertz CT molecular complexity index is 88.9. The van der Waals surface area contributed by atoms with Crippen LogP contribution in [0.2, 0.25) is 0 Å². The van der Waals surface area contributed by atoms with E-state index < -0.39 is 5.97 Å². The average Bonchev–Trinajstić information content (AvgIpc) is 1.61. The molecule has 0 radical (unpaired) electrons. The van der Waals surface area contributed by atoms with Gasteiger partial charge in [0.25, 0.3) is 0 Å². The van der Waals surface area contributed by atoms with Crippen LogP contribution in [0.25, 0.3) is 0 Å². The van der Waals surface area contributed by atoms with Crippen molar-refractivity contribution in [1.82, 2.24) is 5.59 Å². The zero-order valence-electron chi connectivity index (χ0n) is 3.33. The lowest BCUT2D eigenvalue weighted by Crippen LogP contribution is -2.01. The third-order valence-corrected chi connectivity index (χ3v) is 0.233. The van der Waals surface area contributed by atoms with Gasteiger partial charge in [0, 0.05) is 0 Å². The van der Waals surface area contributed by atoms with Gasteiger partial charge in [0.05, 0.1) is 0 Å². The van der Waals surface area contributed by atoms with Gasteiger partial charge < -0.3 is 5.11 Å². The normalized spacial score (nSPS) is 9.29. The monoisotopic (exact) mass is 104 g/mol. The standard InChI is InChI=1S/C2H4N2O3/c5-2(6)1-3-4-7/h1,4,7H,(H,5,6). The molecule has 0 aromatic heterocycles. The second-order valence-electron chi connectivity index (χ2n) is 0.696. The number of nitrogens with zero attached hydrogens (tertiary/aromatic N) is 1. The molecule has 0 aliphatic carbocycles. The Kier molecular flexibility index (Phi) is 2.62. The second kappa shape index (κ2) is 3.10. The summed E-state index contributed by atoms with van der Waals surface area (Å²) < 4.78 is 0. The van der Waals surface area contributed by atoms with Crippen LogP contribution in [0.1, 0.15) is 0 Å². The molecule has 40 valence electrons. The van der Waals surface area contributed by atoms with Crippen LogP contribution in [0.3, 0.4) is 0 Å². The van der Waals surface area contributed by atoms with Gasteiger partial charge in [0.15, 0.2) is 0 Å². The Morgan fingerprint density at radius 1 is 1.86 bits per heavy atom. The first-order chi connectivity index (χ1) is 3.27. The molecule has 0 unspecified atom stereocenters. The number of rotatable bonds is 2. The van der Waals surface area contributed by atoms with E-state index >= 15 is 0 Å². The predicted molar refractivity (Wildman–Crippen MR) is 21.1 cm³/mol. The molecule has 0 aliphatic heterocycles. The Hall–Kier alpha value is -1.10. The number of nitrogens with one attached hydrogen (secondary N) is 1. The molecule has 0 aliphatic rings. The van der Waals surface area contributed by atoms with Gasteiger partial charge in [-0.05, 0) is 0 Å². The molecule has 0 amide bonds. The zero-order chi connectivity index (χ0) is 5.70. The molecule has 5 nitrogen and oxygen atoms in total. The van der Waals surface area contributed by atoms with Crippen LogP contribution in [0, 0.1) is 0 Å². The van der Waals surface area contributed by atoms with Crippen molar-refractivity contribution in [2.24, 2.45) is 5.10 Å². The van der Waals surface area contributed by atoms with Gasteiger partial charge >= 0.3 is 5.97 Å². The number of hydrogen-bond acceptors (Lipinski definition) is 4. The highest BCUT2D eigenvalue weighted by Gasteiger charge is 1.81. The summed E-state index contributed by atoms with van der Waals surface area (Å²) in [4.78, 5) is 9.46. The number of hydrazone groups is 1. The van der Waals surface area contributed by atoms with E-state index in [1.54, 1.807) is 0 Å². The molecule has 0 aromatic carbocycles. The molecular weight excluding hydrogens is 100 g/mol. The maximum absolute atomic E-state index is 9.46. The average molecular weight is 104 g/mol. The summed E-state index contributed by atoms with van der Waals surface area (Å²) in [6, 6.07) is 0. The fourth-order valence-electron chi connectivity index (χ4n) is 0.0841. The van der Waals surface area contributed by atoms with Gasteiger partial charge in [0.2, 0.25) is 0 Å². The zero-order valence-corrected chi connectivity index (χ0v) is 3.33. The topological polar surface area (TPSA) is 81.9 Å². The maximum atomic E-state index is 9.46. The van der Waals surface area contributed by atoms with Crippen LogP contribution in [-0.4, -0.2) is 22.5 Å². The Morgan fingerprint density at radius 2 is 2.43 bits per heavy atom. The fraction of sp³-hybridized carbons (Fsp3) is 0. The highest BCUT2D eigenvalue weighted by atomic mass is 16.5. The first-order valence-corrected chi connectivity index (χ1v) is 1.42. The third-order valence-electron chi connectivity index (χ3n) is 0.233. The van der Waals surface area contributed by atoms with E-state index in [0.29, 0.717) is 6.21 Å². The minimum absolute atomic E-state index is 0.528. The Labute approximate surface area is 39.2 Å². The first-order valence-electron chi connectivity index (χ1n) is 1.42. The molecule has 0 heterocycles. The SMILES string of the molecule is O=C(O)C=NNO. The number of carboxylic acids is 1. The lowest BCUT2D eigenvalue weighted by Gasteiger charge is -1.77. The van der Waals surface area contributed by atoms with Crippen LogP contribution in [-0.2, 0) is 4.79 Å². The van der Waals surface area contributed by atoms with Crippen LogP contribution < -0.4 is 5.59 Å². The van der Waals surface area contributed by atoms with E-state index in [9.17, 15) is 4.79 Å². The van der Waals surface area contributed by atoms with Crippen molar-refractivity contribution in [2.75, 3.05) is 0 Å². The van der Waals surface area contributed by atoms with Crippen LogP contribution in [0.4, 0.5) is 0 Å². The van der Waals surface area contributed by atoms with Gasteiger partial charge in [-0.25, -0.2) is 4.79 Å². The van der Waals surface area contributed by atoms with Crippen molar-refractivity contribution < 1.29 is 15.1 Å². The molecule has 0 saturated carbocycles. The lowest BCUT2D eigenvalue weighted by atomic mass is 10.8. The van der Waals surface area contributed by atoms with Crippen LogP contribution in [0.5, 0.6) is 0 Å². The summed E-state index contributed by atoms with van der Waals surface area (Å²) in [5.74, 6) is -1.21. The van der Waals surface area contributed by atoms with Crippen molar-refractivity contribution in [3.8, 4) is 0 Å². The highest BCUT2D eigenvalue weighted by molar-refractivity contribution is 6.21. The highest BCUT2D eigenvalue weighted by Crippen LogP contribution is 1.51. The summed E-state index contributed by atoms with van der Waals surface area (Å²) >= 11 is 0. The fourth-order valence-corrected chi connectivity index (χ4v) is 0.0841. The molecule has 0 bridgehead atoms. The Balaban J connectivity index is 3.26. The molecule has 0 atom stereocenters. The summed E-state index contributed by atoms with van der Waals surface area (Å²) in [5, 5.41) is 18.1. The van der Waals surface area contributed by atoms with E-state index in [2.05, 4.69) is 5.10 Å². The summed E-state index contributed by atoms with van der Waals surface area (Å²) in [5.41, 5.74) is 1.29. The molecule has 0 rings (SSSR count). The number of hydrogen-bond donors (Lipinski definition) is 3. The van der Waals surface area contributed by atoms with Crippen LogP contribution in [0.15, 0.2) is 5.10 Å². The first kappa shape index (κ1) is 5.90. The molecular formula is C2H4N2O3. The van der Waals surface area contributed by atoms with E-state index in [4.69, 9.17) is 10.3 Å². The van der Waals surface area contributed by atoms with Crippen molar-refractivity contribution in [1.29, 1.82) is 0 Å². The molecule has 7 heavy (non-hydrogen) atoms. The molecule has 0 fully saturated rings. The van der Waals surface area contributed by atoms with E-state index in [0.717, 1.165) is 0 Å². The molecule has 0 spiro atoms. The van der Waals surface area contributed by atoms with Gasteiger partial charge in [-0.1, -0.05) is 0 Å².